The van der Waals surface area contributed by atoms with Gasteiger partial charge in [0, 0.05) is 19.3 Å². The second-order valence-corrected chi connectivity index (χ2v) is 5.76. The van der Waals surface area contributed by atoms with Crippen molar-refractivity contribution in [3.05, 3.63) is 0 Å². The Morgan fingerprint density at radius 1 is 0.520 bits per heavy atom. The Balaban J connectivity index is -0.000000392. The number of rotatable bonds is 15. The molecular weight excluding hydrogens is 328 g/mol. The number of nitrogens with two attached hydrogens (primary N) is 1. The summed E-state index contributed by atoms with van der Waals surface area (Å²) in [5.74, 6) is -2.41. The fourth-order valence-electron chi connectivity index (χ4n) is 2.03. The van der Waals surface area contributed by atoms with Gasteiger partial charge in [0.1, 0.15) is 0 Å². The van der Waals surface area contributed by atoms with Gasteiger partial charge in [-0.15, -0.1) is 0 Å². The highest BCUT2D eigenvalue weighted by Crippen LogP contribution is 2.09. The number of unbranched alkanes of at least 4 members (excludes halogenated alkanes) is 8. The quantitative estimate of drug-likeness (QED) is 0.275. The summed E-state index contributed by atoms with van der Waals surface area (Å²) < 4.78 is 0. The van der Waals surface area contributed by atoms with Crippen molar-refractivity contribution < 1.29 is 29.7 Å². The number of carboxylic acid groups (broad SMARTS) is 3. The fourth-order valence-corrected chi connectivity index (χ4v) is 2.03. The van der Waals surface area contributed by atoms with Gasteiger partial charge >= 0.3 is 17.9 Å². The molecule has 150 valence electrons. The predicted molar refractivity (Wildman–Crippen MR) is 97.0 cm³/mol. The molecule has 0 saturated heterocycles. The molecule has 0 aromatic heterocycles. The van der Waals surface area contributed by atoms with Crippen LogP contribution >= 0.6 is 0 Å². The van der Waals surface area contributed by atoms with E-state index in [-0.39, 0.29) is 19.0 Å². The lowest BCUT2D eigenvalue weighted by atomic mass is 10.1. The minimum atomic E-state index is -0.870. The molecule has 0 heterocycles. The smallest absolute Gasteiger partial charge is 0.303 e. The highest BCUT2D eigenvalue weighted by atomic mass is 16.4. The molecule has 0 aliphatic carbocycles. The lowest BCUT2D eigenvalue weighted by Crippen LogP contribution is -1.97. The molecule has 8 N–H and O–H groups in total. The van der Waals surface area contributed by atoms with Gasteiger partial charge in [-0.2, -0.15) is 0 Å². The Morgan fingerprint density at radius 2 is 0.760 bits per heavy atom. The van der Waals surface area contributed by atoms with Crippen molar-refractivity contribution in [2.24, 2.45) is 5.73 Å². The average molecular weight is 364 g/mol. The van der Waals surface area contributed by atoms with Gasteiger partial charge < -0.3 is 27.2 Å². The molecular formula is C17H36N2O6. The maximum Gasteiger partial charge on any atom is 0.303 e. The molecule has 0 bridgehead atoms. The molecule has 8 heteroatoms. The van der Waals surface area contributed by atoms with Gasteiger partial charge in [-0.3, -0.25) is 14.4 Å². The van der Waals surface area contributed by atoms with Crippen LogP contribution in [0.2, 0.25) is 0 Å². The minimum absolute atomic E-state index is 0. The van der Waals surface area contributed by atoms with Crippen LogP contribution in [-0.4, -0.2) is 39.8 Å². The molecule has 0 spiro atoms. The highest BCUT2D eigenvalue weighted by molar-refractivity contribution is 5.68. The minimum Gasteiger partial charge on any atom is -0.481 e. The van der Waals surface area contributed by atoms with Crippen molar-refractivity contribution >= 4 is 17.9 Å². The maximum atomic E-state index is 10.2. The molecule has 25 heavy (non-hydrogen) atoms. The Kier molecular flexibility index (Phi) is 25.1. The second kappa shape index (κ2) is 22.3. The van der Waals surface area contributed by atoms with Gasteiger partial charge in [0.2, 0.25) is 0 Å². The number of hydrogen-bond donors (Lipinski definition) is 5. The largest absolute Gasteiger partial charge is 0.481 e. The highest BCUT2D eigenvalue weighted by Gasteiger charge is 1.99. The molecule has 0 rings (SSSR count). The topological polar surface area (TPSA) is 173 Å². The normalized spacial score (nSPS) is 9.48. The van der Waals surface area contributed by atoms with Crippen molar-refractivity contribution in [2.75, 3.05) is 6.54 Å². The second-order valence-electron chi connectivity index (χ2n) is 5.76. The van der Waals surface area contributed by atoms with E-state index in [0.717, 1.165) is 25.8 Å². The monoisotopic (exact) mass is 364 g/mol. The molecule has 0 saturated carbocycles. The Bertz CT molecular complexity index is 321. The molecule has 0 aliphatic rings. The molecule has 0 unspecified atom stereocenters. The first-order valence-electron chi connectivity index (χ1n) is 8.75. The molecule has 0 aromatic carbocycles. The Hall–Kier alpha value is -1.67. The third kappa shape index (κ3) is 34.6. The van der Waals surface area contributed by atoms with E-state index in [0.29, 0.717) is 19.3 Å². The van der Waals surface area contributed by atoms with Crippen molar-refractivity contribution in [3.8, 4) is 0 Å². The Labute approximate surface area is 150 Å². The first kappa shape index (κ1) is 28.1. The van der Waals surface area contributed by atoms with Crippen LogP contribution in [0.1, 0.15) is 83.5 Å². The van der Waals surface area contributed by atoms with E-state index in [9.17, 15) is 14.4 Å². The van der Waals surface area contributed by atoms with Crippen LogP contribution in [0.4, 0.5) is 0 Å². The zero-order chi connectivity index (χ0) is 18.6. The van der Waals surface area contributed by atoms with E-state index in [1.54, 1.807) is 0 Å². The standard InChI is InChI=1S/C11H23NO2.C6H10O4.H3N/c12-10-8-6-4-2-1-3-5-7-9-11(13)14;7-5(8)3-1-2-4-6(9)10;/h1-10,12H2,(H,13,14);1-4H2,(H,7,8)(H,9,10);1H3. The first-order valence-corrected chi connectivity index (χ1v) is 8.75. The van der Waals surface area contributed by atoms with Gasteiger partial charge in [-0.25, -0.2) is 0 Å². The van der Waals surface area contributed by atoms with Crippen LogP contribution in [0.15, 0.2) is 0 Å². The summed E-state index contributed by atoms with van der Waals surface area (Å²) in [5, 5.41) is 24.7. The van der Waals surface area contributed by atoms with Crippen LogP contribution in [0.25, 0.3) is 0 Å². The zero-order valence-electron chi connectivity index (χ0n) is 15.3. The predicted octanol–water partition coefficient (Wildman–Crippen LogP) is 3.42. The summed E-state index contributed by atoms with van der Waals surface area (Å²) >= 11 is 0. The van der Waals surface area contributed by atoms with Crippen LogP contribution in [-0.2, 0) is 14.4 Å². The Morgan fingerprint density at radius 3 is 1.04 bits per heavy atom. The lowest BCUT2D eigenvalue weighted by Gasteiger charge is -2.00. The van der Waals surface area contributed by atoms with Crippen LogP contribution in [0.5, 0.6) is 0 Å². The molecule has 0 atom stereocenters. The summed E-state index contributed by atoms with van der Waals surface area (Å²) in [6.45, 7) is 0.804. The van der Waals surface area contributed by atoms with Gasteiger partial charge in [0.05, 0.1) is 0 Å². The van der Waals surface area contributed by atoms with E-state index >= 15 is 0 Å². The van der Waals surface area contributed by atoms with E-state index in [1.807, 2.05) is 0 Å². The summed E-state index contributed by atoms with van der Waals surface area (Å²) in [6, 6.07) is 0. The van der Waals surface area contributed by atoms with Crippen molar-refractivity contribution in [1.82, 2.24) is 6.15 Å². The zero-order valence-corrected chi connectivity index (χ0v) is 15.3. The van der Waals surface area contributed by atoms with Crippen molar-refractivity contribution in [3.63, 3.8) is 0 Å². The first-order chi connectivity index (χ1) is 11.4. The van der Waals surface area contributed by atoms with Crippen LogP contribution in [0, 0.1) is 0 Å². The van der Waals surface area contributed by atoms with Crippen molar-refractivity contribution in [1.29, 1.82) is 0 Å². The third-order valence-electron chi connectivity index (χ3n) is 3.38. The molecule has 0 fully saturated rings. The van der Waals surface area contributed by atoms with E-state index < -0.39 is 17.9 Å². The van der Waals surface area contributed by atoms with E-state index in [4.69, 9.17) is 21.1 Å². The number of aliphatic carboxylic acids is 3. The summed E-state index contributed by atoms with van der Waals surface area (Å²) in [7, 11) is 0. The SMILES string of the molecule is N.NCCCCCCCCCCC(=O)O.O=C(O)CCCCC(=O)O. The van der Waals surface area contributed by atoms with Gasteiger partial charge in [0.15, 0.2) is 0 Å². The number of carbonyl (C=O) groups is 3. The lowest BCUT2D eigenvalue weighted by molar-refractivity contribution is -0.139. The number of hydrogen-bond acceptors (Lipinski definition) is 5. The molecule has 0 radical (unpaired) electrons. The molecule has 0 amide bonds. The van der Waals surface area contributed by atoms with Gasteiger partial charge in [-0.05, 0) is 32.2 Å². The van der Waals surface area contributed by atoms with Crippen molar-refractivity contribution in [2.45, 2.75) is 83.5 Å². The molecule has 0 aliphatic heterocycles. The fraction of sp³-hybridized carbons (Fsp3) is 0.824. The summed E-state index contributed by atoms with van der Waals surface area (Å²) in [5.41, 5.74) is 5.38. The van der Waals surface area contributed by atoms with Crippen LogP contribution < -0.4 is 11.9 Å². The number of carboxylic acids is 3. The summed E-state index contributed by atoms with van der Waals surface area (Å²) in [4.78, 5) is 30.0. The molecule has 0 aromatic rings. The molecule has 8 nitrogen and oxygen atoms in total. The van der Waals surface area contributed by atoms with Gasteiger partial charge in [0.25, 0.3) is 0 Å². The average Bonchev–Trinajstić information content (AvgIpc) is 2.50. The maximum absolute atomic E-state index is 10.2. The van der Waals surface area contributed by atoms with E-state index in [2.05, 4.69) is 0 Å². The van der Waals surface area contributed by atoms with Crippen LogP contribution in [0.3, 0.4) is 0 Å². The summed E-state index contributed by atoms with van der Waals surface area (Å²) in [6.07, 6.45) is 10.6. The van der Waals surface area contributed by atoms with Gasteiger partial charge in [-0.1, -0.05) is 38.5 Å². The van der Waals surface area contributed by atoms with E-state index in [1.165, 1.54) is 32.1 Å². The third-order valence-corrected chi connectivity index (χ3v) is 3.38.